The molecule has 6 aromatic carbocycles. The van der Waals surface area contributed by atoms with Gasteiger partial charge in [-0.1, -0.05) is 148 Å². The zero-order valence-corrected chi connectivity index (χ0v) is 30.8. The van der Waals surface area contributed by atoms with Crippen molar-refractivity contribution in [2.75, 3.05) is 0 Å². The standard InChI is InChI=1S/C50H38N4/c1-31-13-15-32(16-14-31)47-51-27-36(28-52-47)34-19-23-41-42-24-20-35(37-29-53-48(54-30-37)33-17-21-38(22-18-33)49(2,3)4)26-46(42)50(45(41)25-34)43-11-7-5-9-39(43)40-10-6-8-12-44(40)50/h5-30H,1-4H3. The molecule has 0 radical (unpaired) electrons. The summed E-state index contributed by atoms with van der Waals surface area (Å²) in [7, 11) is 0. The number of rotatable bonds is 4. The molecule has 0 atom stereocenters. The highest BCUT2D eigenvalue weighted by Crippen LogP contribution is 2.63. The van der Waals surface area contributed by atoms with Gasteiger partial charge in [0.2, 0.25) is 0 Å². The van der Waals surface area contributed by atoms with Gasteiger partial charge >= 0.3 is 0 Å². The van der Waals surface area contributed by atoms with Crippen LogP contribution >= 0.6 is 0 Å². The van der Waals surface area contributed by atoms with E-state index in [1.54, 1.807) is 0 Å². The Kier molecular flexibility index (Phi) is 7.15. The van der Waals surface area contributed by atoms with Crippen LogP contribution < -0.4 is 0 Å². The molecule has 0 N–H and O–H groups in total. The van der Waals surface area contributed by atoms with Crippen molar-refractivity contribution in [3.63, 3.8) is 0 Å². The lowest BCUT2D eigenvalue weighted by Gasteiger charge is -2.31. The summed E-state index contributed by atoms with van der Waals surface area (Å²) in [4.78, 5) is 19.3. The first kappa shape index (κ1) is 32.2. The first-order chi connectivity index (χ1) is 26.3. The third-order valence-electron chi connectivity index (χ3n) is 11.4. The van der Waals surface area contributed by atoms with Crippen molar-refractivity contribution < 1.29 is 0 Å². The molecule has 10 rings (SSSR count). The van der Waals surface area contributed by atoms with E-state index in [9.17, 15) is 0 Å². The lowest BCUT2D eigenvalue weighted by molar-refractivity contribution is 0.590. The Balaban J connectivity index is 1.10. The van der Waals surface area contributed by atoms with E-state index >= 15 is 0 Å². The van der Waals surface area contributed by atoms with Crippen molar-refractivity contribution in [1.29, 1.82) is 0 Å². The molecule has 0 unspecified atom stereocenters. The van der Waals surface area contributed by atoms with Gasteiger partial charge in [0.15, 0.2) is 11.6 Å². The molecule has 0 amide bonds. The lowest BCUT2D eigenvalue weighted by Crippen LogP contribution is -2.26. The summed E-state index contributed by atoms with van der Waals surface area (Å²) in [6.07, 6.45) is 7.84. The fraction of sp³-hybridized carbons (Fsp3) is 0.120. The van der Waals surface area contributed by atoms with Crippen LogP contribution in [0.4, 0.5) is 0 Å². The van der Waals surface area contributed by atoms with Crippen LogP contribution in [0.5, 0.6) is 0 Å². The Morgan fingerprint density at radius 3 is 1.22 bits per heavy atom. The molecule has 0 saturated heterocycles. The quantitative estimate of drug-likeness (QED) is 0.184. The predicted molar refractivity (Wildman–Crippen MR) is 219 cm³/mol. The van der Waals surface area contributed by atoms with Gasteiger partial charge in [0.05, 0.1) is 5.41 Å². The number of aryl methyl sites for hydroxylation is 1. The Hall–Kier alpha value is -6.52. The summed E-state index contributed by atoms with van der Waals surface area (Å²) >= 11 is 0. The average Bonchev–Trinajstić information content (AvgIpc) is 3.68. The SMILES string of the molecule is Cc1ccc(-c2ncc(-c3ccc4c(c3)C3(c5ccccc5-c5ccccc53)c3cc(-c5cnc(-c6ccc(C(C)(C)C)cc6)nc5)ccc3-4)cn2)cc1. The lowest BCUT2D eigenvalue weighted by atomic mass is 9.70. The van der Waals surface area contributed by atoms with Gasteiger partial charge in [0, 0.05) is 47.0 Å². The van der Waals surface area contributed by atoms with Gasteiger partial charge in [0.25, 0.3) is 0 Å². The fourth-order valence-electron chi connectivity index (χ4n) is 8.57. The van der Waals surface area contributed by atoms with Crippen LogP contribution in [0.2, 0.25) is 0 Å². The Bertz CT molecular complexity index is 2670. The predicted octanol–water partition coefficient (Wildman–Crippen LogP) is 11.9. The number of hydrogen-bond donors (Lipinski definition) is 0. The van der Waals surface area contributed by atoms with Gasteiger partial charge in [0.1, 0.15) is 0 Å². The zero-order valence-electron chi connectivity index (χ0n) is 30.8. The molecule has 2 aliphatic rings. The van der Waals surface area contributed by atoms with Gasteiger partial charge in [-0.3, -0.25) is 0 Å². The van der Waals surface area contributed by atoms with Gasteiger partial charge in [-0.2, -0.15) is 0 Å². The van der Waals surface area contributed by atoms with Gasteiger partial charge in [-0.15, -0.1) is 0 Å². The maximum absolute atomic E-state index is 4.86. The van der Waals surface area contributed by atoms with E-state index in [1.807, 2.05) is 24.8 Å². The first-order valence-electron chi connectivity index (χ1n) is 18.6. The van der Waals surface area contributed by atoms with Crippen LogP contribution in [0.1, 0.15) is 54.2 Å². The molecule has 2 heterocycles. The number of nitrogens with zero attached hydrogens (tertiary/aromatic N) is 4. The molecule has 2 aliphatic carbocycles. The molecule has 0 bridgehead atoms. The van der Waals surface area contributed by atoms with Crippen LogP contribution in [0.15, 0.2) is 158 Å². The second kappa shape index (κ2) is 12.0. The molecule has 8 aromatic rings. The zero-order chi connectivity index (χ0) is 36.6. The smallest absolute Gasteiger partial charge is 0.159 e. The third-order valence-corrected chi connectivity index (χ3v) is 11.4. The van der Waals surface area contributed by atoms with Crippen LogP contribution in [0.25, 0.3) is 67.3 Å². The Labute approximate surface area is 316 Å². The molecular weight excluding hydrogens is 657 g/mol. The van der Waals surface area contributed by atoms with E-state index in [0.717, 1.165) is 45.0 Å². The fourth-order valence-corrected chi connectivity index (χ4v) is 8.57. The van der Waals surface area contributed by atoms with Gasteiger partial charge in [-0.05, 0) is 85.7 Å². The van der Waals surface area contributed by atoms with E-state index in [-0.39, 0.29) is 5.41 Å². The number of benzene rings is 6. The Morgan fingerprint density at radius 1 is 0.389 bits per heavy atom. The molecule has 54 heavy (non-hydrogen) atoms. The summed E-state index contributed by atoms with van der Waals surface area (Å²) in [6, 6.07) is 48.6. The molecule has 258 valence electrons. The minimum atomic E-state index is -0.498. The van der Waals surface area contributed by atoms with Crippen molar-refractivity contribution in [3.8, 4) is 67.3 Å². The molecule has 2 aromatic heterocycles. The normalized spacial score (nSPS) is 13.3. The topological polar surface area (TPSA) is 51.6 Å². The average molecular weight is 695 g/mol. The molecule has 1 spiro atoms. The largest absolute Gasteiger partial charge is 0.236 e. The maximum atomic E-state index is 4.86. The van der Waals surface area contributed by atoms with E-state index in [0.29, 0.717) is 0 Å². The number of aromatic nitrogens is 4. The number of fused-ring (bicyclic) bond motifs is 10. The maximum Gasteiger partial charge on any atom is 0.159 e. The molecule has 0 saturated carbocycles. The van der Waals surface area contributed by atoms with E-state index in [1.165, 1.54) is 55.6 Å². The summed E-state index contributed by atoms with van der Waals surface area (Å²) in [6.45, 7) is 8.78. The van der Waals surface area contributed by atoms with Crippen LogP contribution in [0.3, 0.4) is 0 Å². The van der Waals surface area contributed by atoms with Crippen molar-refractivity contribution in [2.45, 2.75) is 38.5 Å². The van der Waals surface area contributed by atoms with Crippen molar-refractivity contribution in [3.05, 3.63) is 192 Å². The highest BCUT2D eigenvalue weighted by molar-refractivity contribution is 5.96. The third kappa shape index (κ3) is 4.90. The summed E-state index contributed by atoms with van der Waals surface area (Å²) in [5.41, 5.74) is 18.5. The van der Waals surface area contributed by atoms with E-state index in [2.05, 4.69) is 161 Å². The summed E-state index contributed by atoms with van der Waals surface area (Å²) < 4.78 is 0. The molecule has 0 fully saturated rings. The van der Waals surface area contributed by atoms with E-state index < -0.39 is 5.41 Å². The minimum absolute atomic E-state index is 0.0949. The van der Waals surface area contributed by atoms with Crippen LogP contribution in [-0.4, -0.2) is 19.9 Å². The monoisotopic (exact) mass is 694 g/mol. The minimum Gasteiger partial charge on any atom is -0.236 e. The Morgan fingerprint density at radius 2 is 0.778 bits per heavy atom. The second-order valence-electron chi connectivity index (χ2n) is 15.6. The molecular formula is C50H38N4. The second-order valence-corrected chi connectivity index (χ2v) is 15.6. The van der Waals surface area contributed by atoms with E-state index in [4.69, 9.17) is 19.9 Å². The first-order valence-corrected chi connectivity index (χ1v) is 18.6. The van der Waals surface area contributed by atoms with Crippen molar-refractivity contribution in [2.24, 2.45) is 0 Å². The van der Waals surface area contributed by atoms with Gasteiger partial charge in [-0.25, -0.2) is 19.9 Å². The molecule has 0 aliphatic heterocycles. The number of hydrogen-bond acceptors (Lipinski definition) is 4. The van der Waals surface area contributed by atoms with Crippen molar-refractivity contribution >= 4 is 0 Å². The summed E-state index contributed by atoms with van der Waals surface area (Å²) in [5, 5.41) is 0. The molecule has 4 heteroatoms. The molecule has 4 nitrogen and oxygen atoms in total. The highest BCUT2D eigenvalue weighted by Gasteiger charge is 2.51. The van der Waals surface area contributed by atoms with Crippen LogP contribution in [0, 0.1) is 6.92 Å². The summed E-state index contributed by atoms with van der Waals surface area (Å²) in [5.74, 6) is 1.46. The van der Waals surface area contributed by atoms with Crippen LogP contribution in [-0.2, 0) is 10.8 Å². The van der Waals surface area contributed by atoms with Gasteiger partial charge < -0.3 is 0 Å². The highest BCUT2D eigenvalue weighted by atomic mass is 14.9. The van der Waals surface area contributed by atoms with Crippen molar-refractivity contribution in [1.82, 2.24) is 19.9 Å².